The molecule has 45 heavy (non-hydrogen) atoms. The minimum absolute atomic E-state index is 0.00205. The Kier molecular flexibility index (Phi) is 11.2. The predicted molar refractivity (Wildman–Crippen MR) is 162 cm³/mol. The Labute approximate surface area is 264 Å². The van der Waals surface area contributed by atoms with Crippen molar-refractivity contribution in [3.63, 3.8) is 0 Å². The first-order valence-corrected chi connectivity index (χ1v) is 14.8. The van der Waals surface area contributed by atoms with E-state index in [1.807, 2.05) is 0 Å². The zero-order valence-corrected chi connectivity index (χ0v) is 25.5. The summed E-state index contributed by atoms with van der Waals surface area (Å²) in [6.45, 7) is 1.29. The minimum atomic E-state index is -1.14. The molecule has 4 rings (SSSR count). The standard InChI is InChI=1S/C29H35N5O10S/c1-30(28(37)43-17-19-2-6-22(7-3-19)33(39)40)14-21-10-11-31(15-21)27(36)13-26(35)25-12-24(45)16-32(25)29(38)44-18-20-4-8-23(9-5-20)34(41)42/h2-9,21,24-26,35,45H,10-18H2,1H3/t21-,24+,25+,26?/m1/s1. The lowest BCUT2D eigenvalue weighted by molar-refractivity contribution is -0.385. The monoisotopic (exact) mass is 645 g/mol. The van der Waals surface area contributed by atoms with E-state index < -0.39 is 34.2 Å². The van der Waals surface area contributed by atoms with Gasteiger partial charge in [-0.05, 0) is 54.2 Å². The number of likely N-dealkylation sites (tertiary alicyclic amines) is 2. The van der Waals surface area contributed by atoms with Gasteiger partial charge in [-0.2, -0.15) is 12.6 Å². The van der Waals surface area contributed by atoms with Crippen molar-refractivity contribution in [2.24, 2.45) is 5.92 Å². The number of aliphatic hydroxyl groups excluding tert-OH is 1. The lowest BCUT2D eigenvalue weighted by Crippen LogP contribution is -2.45. The van der Waals surface area contributed by atoms with Crippen LogP contribution in [0, 0.1) is 26.1 Å². The van der Waals surface area contributed by atoms with Crippen LogP contribution in [0.25, 0.3) is 0 Å². The van der Waals surface area contributed by atoms with E-state index in [0.29, 0.717) is 43.6 Å². The Morgan fingerprint density at radius 1 is 0.978 bits per heavy atom. The molecule has 2 aliphatic heterocycles. The topological polar surface area (TPSA) is 186 Å². The second-order valence-corrected chi connectivity index (χ2v) is 11.9. The number of rotatable bonds is 11. The van der Waals surface area contributed by atoms with Gasteiger partial charge in [-0.25, -0.2) is 9.59 Å². The fourth-order valence-electron chi connectivity index (χ4n) is 5.44. The molecular weight excluding hydrogens is 610 g/mol. The molecule has 1 N–H and O–H groups in total. The maximum absolute atomic E-state index is 13.1. The van der Waals surface area contributed by atoms with Crippen LogP contribution in [-0.2, 0) is 27.5 Å². The van der Waals surface area contributed by atoms with Crippen molar-refractivity contribution in [3.8, 4) is 0 Å². The first kappa shape index (κ1) is 33.5. The number of thiol groups is 1. The molecule has 2 fully saturated rings. The zero-order valence-electron chi connectivity index (χ0n) is 24.6. The Bertz CT molecular complexity index is 1390. The van der Waals surface area contributed by atoms with Crippen LogP contribution in [0.2, 0.25) is 0 Å². The number of carbonyl (C=O) groups is 3. The predicted octanol–water partition coefficient (Wildman–Crippen LogP) is 3.38. The number of carbonyl (C=O) groups excluding carboxylic acids is 3. The van der Waals surface area contributed by atoms with Crippen LogP contribution in [0.1, 0.15) is 30.4 Å². The van der Waals surface area contributed by atoms with Crippen LogP contribution in [0.4, 0.5) is 21.0 Å². The summed E-state index contributed by atoms with van der Waals surface area (Å²) in [7, 11) is 1.59. The van der Waals surface area contributed by atoms with Crippen LogP contribution in [0.15, 0.2) is 48.5 Å². The highest BCUT2D eigenvalue weighted by atomic mass is 32.1. The third-order valence-electron chi connectivity index (χ3n) is 7.88. The number of nitrogens with zero attached hydrogens (tertiary/aromatic N) is 5. The average molecular weight is 646 g/mol. The van der Waals surface area contributed by atoms with Gasteiger partial charge in [0.15, 0.2) is 0 Å². The summed E-state index contributed by atoms with van der Waals surface area (Å²) in [6, 6.07) is 10.7. The first-order valence-electron chi connectivity index (χ1n) is 14.3. The van der Waals surface area contributed by atoms with Gasteiger partial charge >= 0.3 is 12.2 Å². The molecule has 0 radical (unpaired) electrons. The van der Waals surface area contributed by atoms with E-state index >= 15 is 0 Å². The fraction of sp³-hybridized carbons (Fsp3) is 0.483. The number of benzene rings is 2. The molecule has 15 nitrogen and oxygen atoms in total. The number of amides is 3. The highest BCUT2D eigenvalue weighted by molar-refractivity contribution is 7.81. The van der Waals surface area contributed by atoms with Crippen molar-refractivity contribution in [2.75, 3.05) is 33.2 Å². The number of hydrogen-bond acceptors (Lipinski definition) is 11. The van der Waals surface area contributed by atoms with Crippen LogP contribution < -0.4 is 0 Å². The van der Waals surface area contributed by atoms with E-state index in [2.05, 4.69) is 12.6 Å². The number of non-ortho nitro benzene ring substituents is 2. The molecular formula is C29H35N5O10S. The molecule has 3 amide bonds. The summed E-state index contributed by atoms with van der Waals surface area (Å²) in [4.78, 5) is 63.4. The van der Waals surface area contributed by atoms with Gasteiger partial charge in [0.2, 0.25) is 5.91 Å². The molecule has 2 aromatic carbocycles. The van der Waals surface area contributed by atoms with E-state index in [1.54, 1.807) is 11.9 Å². The SMILES string of the molecule is CN(C[C@H]1CCN(C(=O)CC(O)[C@@H]2C[C@H](S)CN2C(=O)OCc2ccc([N+](=O)[O-])cc2)C1)C(=O)OCc1ccc([N+](=O)[O-])cc1. The number of hydrogen-bond donors (Lipinski definition) is 2. The molecule has 2 aliphatic rings. The van der Waals surface area contributed by atoms with E-state index in [0.717, 1.165) is 0 Å². The molecule has 0 spiro atoms. The molecule has 16 heteroatoms. The van der Waals surface area contributed by atoms with E-state index in [9.17, 15) is 39.7 Å². The van der Waals surface area contributed by atoms with Crippen LogP contribution in [-0.4, -0.2) is 98.4 Å². The van der Waals surface area contributed by atoms with Gasteiger partial charge in [0.1, 0.15) is 13.2 Å². The molecule has 2 aromatic rings. The van der Waals surface area contributed by atoms with Crippen molar-refractivity contribution in [2.45, 2.75) is 49.9 Å². The van der Waals surface area contributed by atoms with Crippen molar-refractivity contribution in [3.05, 3.63) is 79.9 Å². The highest BCUT2D eigenvalue weighted by Gasteiger charge is 2.40. The molecule has 0 aromatic heterocycles. The smallest absolute Gasteiger partial charge is 0.410 e. The lowest BCUT2D eigenvalue weighted by Gasteiger charge is -2.28. The van der Waals surface area contributed by atoms with Gasteiger partial charge in [0.05, 0.1) is 28.4 Å². The van der Waals surface area contributed by atoms with Crippen molar-refractivity contribution in [1.29, 1.82) is 0 Å². The number of aliphatic hydroxyl groups is 1. The fourth-order valence-corrected chi connectivity index (χ4v) is 5.83. The number of nitro benzene ring substituents is 2. The van der Waals surface area contributed by atoms with Crippen LogP contribution in [0.5, 0.6) is 0 Å². The van der Waals surface area contributed by atoms with E-state index in [-0.39, 0.29) is 54.6 Å². The molecule has 0 bridgehead atoms. The Morgan fingerprint density at radius 3 is 2.09 bits per heavy atom. The normalized spacial score (nSPS) is 20.0. The van der Waals surface area contributed by atoms with Gasteiger partial charge in [-0.15, -0.1) is 0 Å². The second kappa shape index (κ2) is 15.0. The molecule has 1 unspecified atom stereocenters. The summed E-state index contributed by atoms with van der Waals surface area (Å²) in [6.07, 6.45) is -1.54. The average Bonchev–Trinajstić information content (AvgIpc) is 3.65. The summed E-state index contributed by atoms with van der Waals surface area (Å²) >= 11 is 4.47. The molecule has 4 atom stereocenters. The summed E-state index contributed by atoms with van der Waals surface area (Å²) < 4.78 is 10.7. The summed E-state index contributed by atoms with van der Waals surface area (Å²) in [5.74, 6) is -0.266. The molecule has 242 valence electrons. The quantitative estimate of drug-likeness (QED) is 0.208. The van der Waals surface area contributed by atoms with Gasteiger partial charge in [-0.3, -0.25) is 25.0 Å². The third kappa shape index (κ3) is 9.04. The first-order chi connectivity index (χ1) is 21.4. The van der Waals surface area contributed by atoms with E-state index in [1.165, 1.54) is 58.3 Å². The summed E-state index contributed by atoms with van der Waals surface area (Å²) in [5.41, 5.74) is 1.04. The maximum Gasteiger partial charge on any atom is 0.410 e. The second-order valence-electron chi connectivity index (χ2n) is 11.2. The zero-order chi connectivity index (χ0) is 32.7. The molecule has 0 saturated carbocycles. The van der Waals surface area contributed by atoms with Gasteiger partial charge in [-0.1, -0.05) is 0 Å². The number of nitro groups is 2. The molecule has 2 heterocycles. The lowest BCUT2D eigenvalue weighted by atomic mass is 10.0. The van der Waals surface area contributed by atoms with Crippen LogP contribution in [0.3, 0.4) is 0 Å². The Morgan fingerprint density at radius 2 is 1.53 bits per heavy atom. The highest BCUT2D eigenvalue weighted by Crippen LogP contribution is 2.28. The van der Waals surface area contributed by atoms with E-state index in [4.69, 9.17) is 9.47 Å². The number of ether oxygens (including phenoxy) is 2. The van der Waals surface area contributed by atoms with Crippen molar-refractivity contribution < 1.29 is 38.8 Å². The van der Waals surface area contributed by atoms with Gasteiger partial charge in [0.25, 0.3) is 11.4 Å². The van der Waals surface area contributed by atoms with Crippen LogP contribution >= 0.6 is 12.6 Å². The Balaban J connectivity index is 1.21. The molecule has 0 aliphatic carbocycles. The largest absolute Gasteiger partial charge is 0.445 e. The van der Waals surface area contributed by atoms with Crippen molar-refractivity contribution in [1.82, 2.24) is 14.7 Å². The third-order valence-corrected chi connectivity index (χ3v) is 8.26. The Hall–Kier alpha value is -4.44. The minimum Gasteiger partial charge on any atom is -0.445 e. The van der Waals surface area contributed by atoms with Gasteiger partial charge in [0, 0.05) is 62.7 Å². The maximum atomic E-state index is 13.1. The van der Waals surface area contributed by atoms with Gasteiger partial charge < -0.3 is 29.3 Å². The molecule has 2 saturated heterocycles. The summed E-state index contributed by atoms with van der Waals surface area (Å²) in [5, 5.41) is 32.4. The van der Waals surface area contributed by atoms with Crippen molar-refractivity contribution >= 4 is 42.1 Å².